The van der Waals surface area contributed by atoms with Crippen molar-refractivity contribution in [2.45, 2.75) is 26.1 Å². The smallest absolute Gasteiger partial charge is 0.421 e. The molecule has 0 atom stereocenters. The Labute approximate surface area is 181 Å². The summed E-state index contributed by atoms with van der Waals surface area (Å²) in [6.45, 7) is 3.80. The summed E-state index contributed by atoms with van der Waals surface area (Å²) in [7, 11) is 1.53. The fraction of sp³-hybridized carbons (Fsp3) is 0.238. The van der Waals surface area contributed by atoms with Crippen LogP contribution in [0.4, 0.5) is 36.3 Å². The van der Waals surface area contributed by atoms with Crippen LogP contribution in [-0.2, 0) is 6.18 Å². The first-order valence-electron chi connectivity index (χ1n) is 9.11. The maximum atomic E-state index is 13.6. The number of ether oxygens (including phenoxy) is 1. The molecular formula is C21H20BrF3N4O. The van der Waals surface area contributed by atoms with E-state index in [1.807, 2.05) is 13.8 Å². The van der Waals surface area contributed by atoms with Crippen molar-refractivity contribution >= 4 is 39.1 Å². The molecule has 1 N–H and O–H groups in total. The Morgan fingerprint density at radius 1 is 1.03 bits per heavy atom. The number of benzene rings is 2. The van der Waals surface area contributed by atoms with Crippen LogP contribution < -0.4 is 15.0 Å². The van der Waals surface area contributed by atoms with Crippen molar-refractivity contribution in [3.8, 4) is 5.75 Å². The van der Waals surface area contributed by atoms with Gasteiger partial charge in [-0.05, 0) is 62.4 Å². The van der Waals surface area contributed by atoms with Gasteiger partial charge in [-0.1, -0.05) is 15.9 Å². The Balaban J connectivity index is 1.94. The number of alkyl halides is 3. The van der Waals surface area contributed by atoms with Crippen LogP contribution in [0.15, 0.2) is 59.2 Å². The van der Waals surface area contributed by atoms with Crippen LogP contribution in [0.3, 0.4) is 0 Å². The average Bonchev–Trinajstić information content (AvgIpc) is 2.68. The lowest BCUT2D eigenvalue weighted by atomic mass is 10.2. The SMILES string of the molecule is CC(C)Oc1ccc(N(C)c2nc(Nc3ccc(Br)cc3)ncc2C(F)(F)F)cc1. The van der Waals surface area contributed by atoms with Gasteiger partial charge < -0.3 is 15.0 Å². The van der Waals surface area contributed by atoms with Gasteiger partial charge in [-0.25, -0.2) is 4.98 Å². The Kier molecular flexibility index (Phi) is 6.50. The lowest BCUT2D eigenvalue weighted by Gasteiger charge is -2.23. The lowest BCUT2D eigenvalue weighted by molar-refractivity contribution is -0.137. The van der Waals surface area contributed by atoms with E-state index in [2.05, 4.69) is 31.2 Å². The van der Waals surface area contributed by atoms with Crippen LogP contribution in [0.2, 0.25) is 0 Å². The van der Waals surface area contributed by atoms with E-state index in [0.29, 0.717) is 17.1 Å². The van der Waals surface area contributed by atoms with E-state index >= 15 is 0 Å². The zero-order valence-corrected chi connectivity index (χ0v) is 18.1. The van der Waals surface area contributed by atoms with Crippen molar-refractivity contribution in [2.24, 2.45) is 0 Å². The molecule has 158 valence electrons. The summed E-state index contributed by atoms with van der Waals surface area (Å²) in [6.07, 6.45) is -3.81. The molecule has 0 fully saturated rings. The highest BCUT2D eigenvalue weighted by Crippen LogP contribution is 2.38. The highest BCUT2D eigenvalue weighted by atomic mass is 79.9. The first kappa shape index (κ1) is 21.9. The molecule has 0 bridgehead atoms. The molecule has 0 radical (unpaired) electrons. The molecule has 0 unspecified atom stereocenters. The molecule has 30 heavy (non-hydrogen) atoms. The predicted molar refractivity (Wildman–Crippen MR) is 115 cm³/mol. The van der Waals surface area contributed by atoms with Crippen molar-refractivity contribution in [1.82, 2.24) is 9.97 Å². The molecule has 0 aliphatic rings. The highest BCUT2D eigenvalue weighted by molar-refractivity contribution is 9.10. The van der Waals surface area contributed by atoms with E-state index in [1.165, 1.54) is 11.9 Å². The summed E-state index contributed by atoms with van der Waals surface area (Å²) in [6, 6.07) is 13.9. The van der Waals surface area contributed by atoms with Crippen molar-refractivity contribution in [3.63, 3.8) is 0 Å². The third-order valence-corrected chi connectivity index (χ3v) is 4.62. The fourth-order valence-corrected chi connectivity index (χ4v) is 2.96. The fourth-order valence-electron chi connectivity index (χ4n) is 2.69. The second-order valence-electron chi connectivity index (χ2n) is 6.78. The maximum absolute atomic E-state index is 13.6. The number of nitrogens with zero attached hydrogens (tertiary/aromatic N) is 3. The summed E-state index contributed by atoms with van der Waals surface area (Å²) >= 11 is 3.34. The number of anilines is 4. The normalized spacial score (nSPS) is 11.5. The Bertz CT molecular complexity index is 993. The molecule has 0 spiro atoms. The number of hydrogen-bond acceptors (Lipinski definition) is 5. The van der Waals surface area contributed by atoms with E-state index in [4.69, 9.17) is 4.74 Å². The topological polar surface area (TPSA) is 50.3 Å². The molecule has 9 heteroatoms. The number of aromatic nitrogens is 2. The molecular weight excluding hydrogens is 461 g/mol. The van der Waals surface area contributed by atoms with Crippen molar-refractivity contribution in [1.29, 1.82) is 0 Å². The monoisotopic (exact) mass is 480 g/mol. The van der Waals surface area contributed by atoms with Gasteiger partial charge in [-0.15, -0.1) is 0 Å². The van der Waals surface area contributed by atoms with E-state index in [0.717, 1.165) is 10.7 Å². The van der Waals surface area contributed by atoms with Crippen LogP contribution in [0.1, 0.15) is 19.4 Å². The predicted octanol–water partition coefficient (Wildman–Crippen LogP) is 6.56. The van der Waals surface area contributed by atoms with Crippen molar-refractivity contribution < 1.29 is 17.9 Å². The minimum Gasteiger partial charge on any atom is -0.491 e. The molecule has 2 aromatic carbocycles. The number of rotatable bonds is 6. The summed E-state index contributed by atoms with van der Waals surface area (Å²) in [5.41, 5.74) is 0.264. The van der Waals surface area contributed by atoms with E-state index in [-0.39, 0.29) is 17.9 Å². The zero-order chi connectivity index (χ0) is 21.9. The van der Waals surface area contributed by atoms with Gasteiger partial charge in [0, 0.05) is 29.1 Å². The van der Waals surface area contributed by atoms with E-state index < -0.39 is 11.7 Å². The highest BCUT2D eigenvalue weighted by Gasteiger charge is 2.36. The number of halogens is 4. The summed E-state index contributed by atoms with van der Waals surface area (Å²) < 4.78 is 47.2. The molecule has 3 rings (SSSR count). The largest absolute Gasteiger partial charge is 0.491 e. The molecule has 0 amide bonds. The average molecular weight is 481 g/mol. The third kappa shape index (κ3) is 5.41. The van der Waals surface area contributed by atoms with Gasteiger partial charge in [0.05, 0.1) is 6.10 Å². The molecule has 0 aliphatic heterocycles. The zero-order valence-electron chi connectivity index (χ0n) is 16.5. The molecule has 3 aromatic rings. The lowest BCUT2D eigenvalue weighted by Crippen LogP contribution is -2.19. The maximum Gasteiger partial charge on any atom is 0.421 e. The second kappa shape index (κ2) is 8.91. The van der Waals surface area contributed by atoms with Crippen LogP contribution in [0, 0.1) is 0 Å². The molecule has 0 saturated heterocycles. The Morgan fingerprint density at radius 3 is 2.23 bits per heavy atom. The van der Waals surface area contributed by atoms with Gasteiger partial charge in [-0.2, -0.15) is 18.2 Å². The van der Waals surface area contributed by atoms with Gasteiger partial charge in [0.1, 0.15) is 11.3 Å². The van der Waals surface area contributed by atoms with E-state index in [9.17, 15) is 13.2 Å². The summed E-state index contributed by atoms with van der Waals surface area (Å²) in [4.78, 5) is 9.36. The third-order valence-electron chi connectivity index (χ3n) is 4.09. The van der Waals surface area contributed by atoms with Gasteiger partial charge in [0.25, 0.3) is 0 Å². The second-order valence-corrected chi connectivity index (χ2v) is 7.70. The van der Waals surface area contributed by atoms with Crippen molar-refractivity contribution in [3.05, 3.63) is 64.8 Å². The van der Waals surface area contributed by atoms with Gasteiger partial charge in [0.15, 0.2) is 5.82 Å². The summed E-state index contributed by atoms with van der Waals surface area (Å²) in [5.74, 6) is 0.444. The molecule has 0 aliphatic carbocycles. The van der Waals surface area contributed by atoms with Crippen molar-refractivity contribution in [2.75, 3.05) is 17.3 Å². The Morgan fingerprint density at radius 2 is 1.67 bits per heavy atom. The first-order chi connectivity index (χ1) is 14.1. The van der Waals surface area contributed by atoms with Crippen LogP contribution in [0.25, 0.3) is 0 Å². The van der Waals surface area contributed by atoms with Gasteiger partial charge >= 0.3 is 6.18 Å². The van der Waals surface area contributed by atoms with E-state index in [1.54, 1.807) is 48.5 Å². The quantitative estimate of drug-likeness (QED) is 0.433. The van der Waals surface area contributed by atoms with Gasteiger partial charge in [0.2, 0.25) is 5.95 Å². The summed E-state index contributed by atoms with van der Waals surface area (Å²) in [5, 5.41) is 2.93. The minimum atomic E-state index is -4.60. The number of hydrogen-bond donors (Lipinski definition) is 1. The molecule has 5 nitrogen and oxygen atoms in total. The van der Waals surface area contributed by atoms with Crippen LogP contribution in [-0.4, -0.2) is 23.1 Å². The van der Waals surface area contributed by atoms with Gasteiger partial charge in [-0.3, -0.25) is 0 Å². The molecule has 1 heterocycles. The first-order valence-corrected chi connectivity index (χ1v) is 9.90. The van der Waals surface area contributed by atoms with Crippen LogP contribution in [0.5, 0.6) is 5.75 Å². The standard InChI is InChI=1S/C21H20BrF3N4O/c1-13(2)30-17-10-8-16(9-11-17)29(3)19-18(21(23,24)25)12-26-20(28-19)27-15-6-4-14(22)5-7-15/h4-13H,1-3H3,(H,26,27,28). The minimum absolute atomic E-state index is 0.000446. The molecule has 1 aromatic heterocycles. The Hall–Kier alpha value is -2.81. The van der Waals surface area contributed by atoms with Crippen LogP contribution >= 0.6 is 15.9 Å². The number of nitrogens with one attached hydrogen (secondary N) is 1. The molecule has 0 saturated carbocycles.